The molecule has 0 heterocycles. The van der Waals surface area contributed by atoms with Crippen LogP contribution >= 0.6 is 0 Å². The zero-order valence-electron chi connectivity index (χ0n) is 7.66. The highest BCUT2D eigenvalue weighted by molar-refractivity contribution is 5.81. The molecule has 0 aliphatic carbocycles. The lowest BCUT2D eigenvalue weighted by molar-refractivity contribution is -0.371. The number of carboxylic acid groups (broad SMARTS) is 1. The van der Waals surface area contributed by atoms with E-state index in [1.54, 1.807) is 0 Å². The van der Waals surface area contributed by atoms with Gasteiger partial charge in [-0.05, 0) is 6.08 Å². The highest BCUT2D eigenvalue weighted by atomic mass is 19.4. The molecule has 0 radical (unpaired) electrons. The Bertz CT molecular complexity index is 333. The van der Waals surface area contributed by atoms with Gasteiger partial charge in [-0.25, -0.2) is 9.18 Å². The van der Waals surface area contributed by atoms with Crippen LogP contribution in [0, 0.1) is 0 Å². The van der Waals surface area contributed by atoms with E-state index in [-0.39, 0.29) is 0 Å². The number of alkyl halides is 8. The van der Waals surface area contributed by atoms with Crippen molar-refractivity contribution in [3.05, 3.63) is 12.7 Å². The molecule has 1 unspecified atom stereocenters. The second-order valence-electron chi connectivity index (χ2n) is 2.87. The van der Waals surface area contributed by atoms with Gasteiger partial charge < -0.3 is 5.11 Å². The lowest BCUT2D eigenvalue weighted by Crippen LogP contribution is -2.64. The molecule has 0 amide bonds. The Kier molecular flexibility index (Phi) is 3.54. The third-order valence-electron chi connectivity index (χ3n) is 1.80. The molecule has 17 heavy (non-hydrogen) atoms. The van der Waals surface area contributed by atoms with Crippen LogP contribution in [-0.4, -0.2) is 34.8 Å². The van der Waals surface area contributed by atoms with Gasteiger partial charge in [0.2, 0.25) is 0 Å². The minimum absolute atomic E-state index is 0.824. The number of halogens is 8. The third-order valence-corrected chi connectivity index (χ3v) is 1.80. The molecule has 0 aromatic rings. The Morgan fingerprint density at radius 3 is 1.47 bits per heavy atom. The Balaban J connectivity index is 5.86. The number of rotatable bonds is 4. The third kappa shape index (κ3) is 1.95. The van der Waals surface area contributed by atoms with E-state index in [1.807, 2.05) is 0 Å². The average Bonchev–Trinajstić information content (AvgIpc) is 2.13. The number of aliphatic carboxylic acids is 1. The predicted octanol–water partition coefficient (Wildman–Crippen LogP) is 2.80. The van der Waals surface area contributed by atoms with E-state index in [9.17, 15) is 39.9 Å². The molecule has 100 valence electrons. The van der Waals surface area contributed by atoms with E-state index in [4.69, 9.17) is 5.11 Å². The predicted molar refractivity (Wildman–Crippen MR) is 37.6 cm³/mol. The van der Waals surface area contributed by atoms with Gasteiger partial charge in [0.25, 0.3) is 5.67 Å². The standard InChI is InChI=1S/C7H4F8O2/c1-2-4(8,3(16)17)5(9,10)6(11,12)7(13,14)15/h2H,1H2,(H,16,17). The van der Waals surface area contributed by atoms with Gasteiger partial charge in [-0.2, -0.15) is 30.7 Å². The molecule has 0 bridgehead atoms. The van der Waals surface area contributed by atoms with Crippen molar-refractivity contribution in [3.8, 4) is 0 Å². The second kappa shape index (κ2) is 3.84. The Morgan fingerprint density at radius 1 is 0.941 bits per heavy atom. The summed E-state index contributed by atoms with van der Waals surface area (Å²) < 4.78 is 98.0. The van der Waals surface area contributed by atoms with Crippen molar-refractivity contribution >= 4 is 5.97 Å². The maximum atomic E-state index is 13.0. The monoisotopic (exact) mass is 272 g/mol. The van der Waals surface area contributed by atoms with Gasteiger partial charge in [-0.1, -0.05) is 6.58 Å². The molecule has 0 saturated heterocycles. The first-order chi connectivity index (χ1) is 7.25. The van der Waals surface area contributed by atoms with Crippen LogP contribution in [0.3, 0.4) is 0 Å². The van der Waals surface area contributed by atoms with E-state index in [2.05, 4.69) is 6.58 Å². The summed E-state index contributed by atoms with van der Waals surface area (Å²) in [4.78, 5) is 10.0. The number of hydrogen-bond acceptors (Lipinski definition) is 1. The zero-order valence-corrected chi connectivity index (χ0v) is 7.66. The van der Waals surface area contributed by atoms with Gasteiger partial charge in [0.05, 0.1) is 0 Å². The van der Waals surface area contributed by atoms with Crippen LogP contribution in [0.25, 0.3) is 0 Å². The number of hydrogen-bond donors (Lipinski definition) is 1. The zero-order chi connectivity index (χ0) is 14.3. The summed E-state index contributed by atoms with van der Waals surface area (Å²) in [7, 11) is 0. The smallest absolute Gasteiger partial charge is 0.460 e. The van der Waals surface area contributed by atoms with Crippen LogP contribution in [0.5, 0.6) is 0 Å². The minimum atomic E-state index is -6.86. The van der Waals surface area contributed by atoms with Crippen LogP contribution in [-0.2, 0) is 4.79 Å². The fraction of sp³-hybridized carbons (Fsp3) is 0.571. The molecule has 0 saturated carbocycles. The Hall–Kier alpha value is -1.35. The lowest BCUT2D eigenvalue weighted by atomic mass is 9.92. The van der Waals surface area contributed by atoms with Crippen molar-refractivity contribution in [1.29, 1.82) is 0 Å². The molecule has 0 aliphatic rings. The van der Waals surface area contributed by atoms with Gasteiger partial charge in [-0.3, -0.25) is 0 Å². The minimum Gasteiger partial charge on any atom is -0.478 e. The largest absolute Gasteiger partial charge is 0.478 e. The van der Waals surface area contributed by atoms with Gasteiger partial charge in [0.1, 0.15) is 0 Å². The van der Waals surface area contributed by atoms with E-state index in [0.29, 0.717) is 0 Å². The van der Waals surface area contributed by atoms with Gasteiger partial charge in [-0.15, -0.1) is 0 Å². The molecule has 10 heteroatoms. The molecule has 0 aliphatic heterocycles. The van der Waals surface area contributed by atoms with Crippen LogP contribution in [0.15, 0.2) is 12.7 Å². The SMILES string of the molecule is C=CC(F)(C(=O)O)C(F)(F)C(F)(F)C(F)(F)F. The Labute approximate surface area is 88.5 Å². The molecule has 1 atom stereocenters. The van der Waals surface area contributed by atoms with Crippen molar-refractivity contribution in [2.75, 3.05) is 0 Å². The molecular formula is C7H4F8O2. The van der Waals surface area contributed by atoms with Crippen LogP contribution < -0.4 is 0 Å². The van der Waals surface area contributed by atoms with Crippen LogP contribution in [0.4, 0.5) is 35.1 Å². The fourth-order valence-electron chi connectivity index (χ4n) is 0.756. The summed E-state index contributed by atoms with van der Waals surface area (Å²) in [5, 5.41) is 7.97. The van der Waals surface area contributed by atoms with E-state index >= 15 is 0 Å². The fourth-order valence-corrected chi connectivity index (χ4v) is 0.756. The van der Waals surface area contributed by atoms with Gasteiger partial charge in [0, 0.05) is 0 Å². The summed E-state index contributed by atoms with van der Waals surface area (Å²) in [6.45, 7) is 2.18. The van der Waals surface area contributed by atoms with Crippen molar-refractivity contribution in [1.82, 2.24) is 0 Å². The molecule has 2 nitrogen and oxygen atoms in total. The molecule has 0 spiro atoms. The van der Waals surface area contributed by atoms with Crippen LogP contribution in [0.1, 0.15) is 0 Å². The summed E-state index contributed by atoms with van der Waals surface area (Å²) in [5.41, 5.74) is -5.24. The first-order valence-corrected chi connectivity index (χ1v) is 3.64. The number of carboxylic acids is 1. The molecule has 1 N–H and O–H groups in total. The normalized spacial score (nSPS) is 17.4. The van der Waals surface area contributed by atoms with E-state index in [1.165, 1.54) is 0 Å². The molecule has 0 rings (SSSR count). The second-order valence-corrected chi connectivity index (χ2v) is 2.87. The first kappa shape index (κ1) is 15.6. The maximum absolute atomic E-state index is 13.0. The average molecular weight is 272 g/mol. The van der Waals surface area contributed by atoms with Crippen molar-refractivity contribution in [3.63, 3.8) is 0 Å². The van der Waals surface area contributed by atoms with Crippen molar-refractivity contribution < 1.29 is 45.0 Å². The Morgan fingerprint density at radius 2 is 1.29 bits per heavy atom. The summed E-state index contributed by atoms with van der Waals surface area (Å²) >= 11 is 0. The maximum Gasteiger partial charge on any atom is 0.460 e. The molecule has 0 aromatic carbocycles. The quantitative estimate of drug-likeness (QED) is 0.631. The molecular weight excluding hydrogens is 268 g/mol. The van der Waals surface area contributed by atoms with E-state index < -0.39 is 35.7 Å². The van der Waals surface area contributed by atoms with Gasteiger partial charge >= 0.3 is 24.0 Å². The van der Waals surface area contributed by atoms with Gasteiger partial charge in [0.15, 0.2) is 0 Å². The number of carbonyl (C=O) groups is 1. The van der Waals surface area contributed by atoms with Crippen molar-refractivity contribution in [2.24, 2.45) is 0 Å². The highest BCUT2D eigenvalue weighted by Crippen LogP contribution is 2.52. The summed E-state index contributed by atoms with van der Waals surface area (Å²) in [5.74, 6) is -16.6. The van der Waals surface area contributed by atoms with E-state index in [0.717, 1.165) is 0 Å². The highest BCUT2D eigenvalue weighted by Gasteiger charge is 2.82. The topological polar surface area (TPSA) is 37.3 Å². The lowest BCUT2D eigenvalue weighted by Gasteiger charge is -2.34. The van der Waals surface area contributed by atoms with Crippen molar-refractivity contribution in [2.45, 2.75) is 23.7 Å². The summed E-state index contributed by atoms with van der Waals surface area (Å²) in [6.07, 6.45) is -7.64. The first-order valence-electron chi connectivity index (χ1n) is 3.64. The molecule has 0 aromatic heterocycles. The molecule has 0 fully saturated rings. The summed E-state index contributed by atoms with van der Waals surface area (Å²) in [6, 6.07) is 0. The van der Waals surface area contributed by atoms with Crippen LogP contribution in [0.2, 0.25) is 0 Å².